The summed E-state index contributed by atoms with van der Waals surface area (Å²) in [5.41, 5.74) is 1.42. The van der Waals surface area contributed by atoms with E-state index in [1.807, 2.05) is 91.0 Å². The van der Waals surface area contributed by atoms with Crippen LogP contribution in [0.2, 0.25) is 10.0 Å². The molecular weight excluding hydrogens is 651 g/mol. The summed E-state index contributed by atoms with van der Waals surface area (Å²) in [5, 5.41) is 3.96. The van der Waals surface area contributed by atoms with Gasteiger partial charge in [-0.05, 0) is 71.3 Å². The number of halogens is 2. The van der Waals surface area contributed by atoms with Crippen molar-refractivity contribution in [3.8, 4) is 11.5 Å². The predicted molar refractivity (Wildman–Crippen MR) is 187 cm³/mol. The van der Waals surface area contributed by atoms with Crippen molar-refractivity contribution in [2.24, 2.45) is 0 Å². The first-order chi connectivity index (χ1) is 22.8. The highest BCUT2D eigenvalue weighted by atomic mass is 35.5. The summed E-state index contributed by atoms with van der Waals surface area (Å²) >= 11 is 12.6. The Morgan fingerprint density at radius 2 is 1.13 bits per heavy atom. The Hall–Kier alpha value is -5.08. The molecule has 0 aromatic heterocycles. The van der Waals surface area contributed by atoms with Crippen LogP contribution >= 0.6 is 23.2 Å². The third-order valence-corrected chi connectivity index (χ3v) is 9.52. The van der Waals surface area contributed by atoms with Crippen LogP contribution in [0.1, 0.15) is 27.0 Å². The van der Waals surface area contributed by atoms with Crippen molar-refractivity contribution in [1.29, 1.82) is 0 Å². The molecule has 0 heterocycles. The molecule has 6 aromatic carbocycles. The number of carbonyl (C=O) groups excluding carboxylic acids is 1. The smallest absolute Gasteiger partial charge is 0.261 e. The highest BCUT2D eigenvalue weighted by Crippen LogP contribution is 2.38. The zero-order chi connectivity index (χ0) is 32.9. The van der Waals surface area contributed by atoms with Crippen molar-refractivity contribution in [1.82, 2.24) is 5.32 Å². The maximum absolute atomic E-state index is 14.4. The van der Waals surface area contributed by atoms with Gasteiger partial charge < -0.3 is 10.1 Å². The lowest BCUT2D eigenvalue weighted by molar-refractivity contribution is 0.0925. The van der Waals surface area contributed by atoms with Crippen LogP contribution in [-0.2, 0) is 15.6 Å². The summed E-state index contributed by atoms with van der Waals surface area (Å²) in [6.07, 6.45) is 0. The van der Waals surface area contributed by atoms with Crippen LogP contribution in [0.3, 0.4) is 0 Å². The third kappa shape index (κ3) is 6.88. The van der Waals surface area contributed by atoms with Crippen molar-refractivity contribution < 1.29 is 17.9 Å². The van der Waals surface area contributed by atoms with E-state index in [4.69, 9.17) is 27.9 Å². The average molecular weight is 680 g/mol. The van der Waals surface area contributed by atoms with Crippen molar-refractivity contribution in [3.05, 3.63) is 190 Å². The molecule has 0 saturated heterocycles. The van der Waals surface area contributed by atoms with Crippen LogP contribution in [-0.4, -0.2) is 14.3 Å². The van der Waals surface area contributed by atoms with Crippen molar-refractivity contribution in [2.45, 2.75) is 10.4 Å². The van der Waals surface area contributed by atoms with Gasteiger partial charge in [0.2, 0.25) is 0 Å². The van der Waals surface area contributed by atoms with Gasteiger partial charge in [-0.2, -0.15) is 0 Å². The van der Waals surface area contributed by atoms with E-state index in [0.29, 0.717) is 16.5 Å². The third-order valence-electron chi connectivity index (χ3n) is 7.59. The van der Waals surface area contributed by atoms with E-state index in [1.54, 1.807) is 24.3 Å². The fourth-order valence-corrected chi connectivity index (χ4v) is 6.78. The average Bonchev–Trinajstić information content (AvgIpc) is 3.10. The number of carbonyl (C=O) groups is 1. The molecule has 6 rings (SSSR count). The Morgan fingerprint density at radius 1 is 0.617 bits per heavy atom. The summed E-state index contributed by atoms with van der Waals surface area (Å²) in [7, 11) is -4.13. The second kappa shape index (κ2) is 13.7. The lowest BCUT2D eigenvalue weighted by atomic mass is 9.76. The first-order valence-electron chi connectivity index (χ1n) is 14.6. The van der Waals surface area contributed by atoms with Gasteiger partial charge in [0, 0.05) is 5.02 Å². The monoisotopic (exact) mass is 678 g/mol. The largest absolute Gasteiger partial charge is 0.456 e. The zero-order valence-corrected chi connectivity index (χ0v) is 27.1. The van der Waals surface area contributed by atoms with Crippen molar-refractivity contribution >= 4 is 44.8 Å². The molecule has 0 radical (unpaired) electrons. The lowest BCUT2D eigenvalue weighted by Gasteiger charge is -2.37. The van der Waals surface area contributed by atoms with Gasteiger partial charge in [0.25, 0.3) is 15.9 Å². The Balaban J connectivity index is 1.36. The van der Waals surface area contributed by atoms with Crippen LogP contribution < -0.4 is 14.8 Å². The number of benzene rings is 6. The Morgan fingerprint density at radius 3 is 1.66 bits per heavy atom. The second-order valence-corrected chi connectivity index (χ2v) is 13.1. The molecule has 9 heteroatoms. The molecule has 0 fully saturated rings. The van der Waals surface area contributed by atoms with E-state index in [1.165, 1.54) is 42.5 Å². The summed E-state index contributed by atoms with van der Waals surface area (Å²) < 4.78 is 35.6. The molecule has 0 aliphatic heterocycles. The molecule has 0 atom stereocenters. The molecule has 0 aliphatic rings. The van der Waals surface area contributed by atoms with Crippen molar-refractivity contribution in [2.75, 3.05) is 4.72 Å². The minimum absolute atomic E-state index is 0.0301. The summed E-state index contributed by atoms with van der Waals surface area (Å²) in [4.78, 5) is 14.4. The fraction of sp³-hybridized carbons (Fsp3) is 0.0263. The molecule has 2 N–H and O–H groups in total. The molecule has 6 aromatic rings. The summed E-state index contributed by atoms with van der Waals surface area (Å²) in [5.74, 6) is 0.310. The van der Waals surface area contributed by atoms with Gasteiger partial charge in [-0.15, -0.1) is 0 Å². The van der Waals surface area contributed by atoms with Gasteiger partial charge in [-0.1, -0.05) is 126 Å². The number of ether oxygens (including phenoxy) is 1. The van der Waals surface area contributed by atoms with E-state index in [0.717, 1.165) is 16.7 Å². The molecule has 234 valence electrons. The lowest BCUT2D eigenvalue weighted by Crippen LogP contribution is -2.48. The molecule has 0 saturated carbocycles. The normalized spacial score (nSPS) is 11.4. The van der Waals surface area contributed by atoms with Gasteiger partial charge in [-0.3, -0.25) is 9.52 Å². The molecule has 1 amide bonds. The summed E-state index contributed by atoms with van der Waals surface area (Å²) in [6, 6.07) is 46.1. The van der Waals surface area contributed by atoms with Crippen LogP contribution in [0.15, 0.2) is 163 Å². The Labute approximate surface area is 283 Å². The molecule has 0 unspecified atom stereocenters. The zero-order valence-electron chi connectivity index (χ0n) is 24.8. The second-order valence-electron chi connectivity index (χ2n) is 10.6. The van der Waals surface area contributed by atoms with E-state index < -0.39 is 21.5 Å². The maximum atomic E-state index is 14.4. The molecule has 47 heavy (non-hydrogen) atoms. The molecule has 0 spiro atoms. The number of sulfonamides is 1. The SMILES string of the molecule is O=C(NC(c1ccccc1)(c1ccccc1)c1ccccc1)c1cc(Cl)ccc1NS(=O)(=O)c1ccc(Oc2ccccc2Cl)cc1. The van der Waals surface area contributed by atoms with Gasteiger partial charge in [-0.25, -0.2) is 8.42 Å². The van der Waals surface area contributed by atoms with E-state index in [9.17, 15) is 13.2 Å². The first-order valence-corrected chi connectivity index (χ1v) is 16.8. The summed E-state index contributed by atoms with van der Waals surface area (Å²) in [6.45, 7) is 0. The molecule has 0 aliphatic carbocycles. The van der Waals surface area contributed by atoms with Crippen LogP contribution in [0.4, 0.5) is 5.69 Å². The standard InChI is InChI=1S/C38H28Cl2N2O4S/c39-30-20-25-35(42-47(44,45)32-23-21-31(22-24-32)46-36-19-11-10-18-34(36)40)33(26-30)37(43)41-38(27-12-4-1-5-13-27,28-14-6-2-7-15-28)29-16-8-3-9-17-29/h1-26,42H,(H,41,43). The van der Waals surface area contributed by atoms with E-state index >= 15 is 0 Å². The van der Waals surface area contributed by atoms with Crippen LogP contribution in [0.5, 0.6) is 11.5 Å². The number of hydrogen-bond donors (Lipinski definition) is 2. The van der Waals surface area contributed by atoms with Gasteiger partial charge in [0.1, 0.15) is 17.0 Å². The minimum atomic E-state index is -4.13. The molecular formula is C38H28Cl2N2O4S. The van der Waals surface area contributed by atoms with Crippen LogP contribution in [0, 0.1) is 0 Å². The highest BCUT2D eigenvalue weighted by molar-refractivity contribution is 7.92. The first kappa shape index (κ1) is 31.9. The Bertz CT molecular complexity index is 2010. The number of hydrogen-bond acceptors (Lipinski definition) is 4. The highest BCUT2D eigenvalue weighted by Gasteiger charge is 2.38. The number of anilines is 1. The number of para-hydroxylation sites is 1. The fourth-order valence-electron chi connectivity index (χ4n) is 5.36. The minimum Gasteiger partial charge on any atom is -0.456 e. The number of amides is 1. The Kier molecular flexibility index (Phi) is 9.31. The van der Waals surface area contributed by atoms with E-state index in [-0.39, 0.29) is 21.2 Å². The topological polar surface area (TPSA) is 84.5 Å². The number of rotatable bonds is 10. The van der Waals surface area contributed by atoms with Crippen molar-refractivity contribution in [3.63, 3.8) is 0 Å². The predicted octanol–water partition coefficient (Wildman–Crippen LogP) is 9.31. The quantitative estimate of drug-likeness (QED) is 0.141. The molecule has 6 nitrogen and oxygen atoms in total. The van der Waals surface area contributed by atoms with Crippen LogP contribution in [0.25, 0.3) is 0 Å². The molecule has 0 bridgehead atoms. The van der Waals surface area contributed by atoms with Gasteiger partial charge in [0.05, 0.1) is 21.2 Å². The van der Waals surface area contributed by atoms with Gasteiger partial charge in [0.15, 0.2) is 0 Å². The maximum Gasteiger partial charge on any atom is 0.261 e. The van der Waals surface area contributed by atoms with E-state index in [2.05, 4.69) is 10.0 Å². The number of nitrogens with one attached hydrogen (secondary N) is 2. The van der Waals surface area contributed by atoms with Gasteiger partial charge >= 0.3 is 0 Å².